The average Bonchev–Trinajstić information content (AvgIpc) is 2.40. The van der Waals surface area contributed by atoms with Crippen molar-refractivity contribution in [3.8, 4) is 0 Å². The van der Waals surface area contributed by atoms with Crippen LogP contribution in [0.15, 0.2) is 30.3 Å². The Morgan fingerprint density at radius 1 is 1.32 bits per heavy atom. The Bertz CT molecular complexity index is 442. The number of likely N-dealkylation sites (tertiary alicyclic amines) is 1. The molecule has 1 aromatic rings. The van der Waals surface area contributed by atoms with Crippen LogP contribution in [0.2, 0.25) is 0 Å². The number of aliphatic carboxylic acids is 1. The van der Waals surface area contributed by atoms with Crippen LogP contribution < -0.4 is 0 Å². The first-order chi connectivity index (χ1) is 9.13. The maximum atomic E-state index is 10.4. The van der Waals surface area contributed by atoms with Gasteiger partial charge >= 0.3 is 5.97 Å². The van der Waals surface area contributed by atoms with Crippen LogP contribution in [-0.2, 0) is 11.3 Å². The zero-order valence-corrected chi connectivity index (χ0v) is 11.4. The quantitative estimate of drug-likeness (QED) is 0.845. The van der Waals surface area contributed by atoms with E-state index in [1.807, 2.05) is 12.1 Å². The second kappa shape index (κ2) is 6.53. The molecule has 0 aromatic heterocycles. The van der Waals surface area contributed by atoms with Crippen molar-refractivity contribution >= 4 is 12.0 Å². The molecule has 1 saturated heterocycles. The molecular formula is C16H21NO2. The van der Waals surface area contributed by atoms with Crippen LogP contribution in [0.1, 0.15) is 30.9 Å². The molecule has 1 N–H and O–H groups in total. The highest BCUT2D eigenvalue weighted by Crippen LogP contribution is 2.18. The molecular weight excluding hydrogens is 238 g/mol. The molecule has 3 nitrogen and oxygen atoms in total. The van der Waals surface area contributed by atoms with Gasteiger partial charge in [-0.25, -0.2) is 4.79 Å². The van der Waals surface area contributed by atoms with Crippen molar-refractivity contribution < 1.29 is 9.90 Å². The highest BCUT2D eigenvalue weighted by atomic mass is 16.4. The molecule has 0 atom stereocenters. The Kier molecular flexibility index (Phi) is 4.74. The summed E-state index contributed by atoms with van der Waals surface area (Å²) in [5, 5.41) is 8.57. The summed E-state index contributed by atoms with van der Waals surface area (Å²) in [5.74, 6) is -0.0497. The van der Waals surface area contributed by atoms with Gasteiger partial charge in [-0.3, -0.25) is 4.90 Å². The van der Waals surface area contributed by atoms with E-state index in [1.165, 1.54) is 37.6 Å². The molecule has 2 rings (SSSR count). The Hall–Kier alpha value is -1.61. The highest BCUT2D eigenvalue weighted by molar-refractivity contribution is 5.85. The lowest BCUT2D eigenvalue weighted by Gasteiger charge is -2.30. The molecule has 1 aliphatic heterocycles. The first-order valence-corrected chi connectivity index (χ1v) is 6.86. The first kappa shape index (κ1) is 13.8. The molecule has 0 spiro atoms. The zero-order chi connectivity index (χ0) is 13.7. The van der Waals surface area contributed by atoms with E-state index in [-0.39, 0.29) is 0 Å². The van der Waals surface area contributed by atoms with Gasteiger partial charge in [-0.1, -0.05) is 31.2 Å². The van der Waals surface area contributed by atoms with Crippen molar-refractivity contribution in [1.29, 1.82) is 0 Å². The molecule has 0 radical (unpaired) electrons. The predicted molar refractivity (Wildman–Crippen MR) is 76.8 cm³/mol. The van der Waals surface area contributed by atoms with E-state index >= 15 is 0 Å². The SMILES string of the molecule is CC1CCN(Cc2ccc(/C=C/C(=O)O)cc2)CC1. The zero-order valence-electron chi connectivity index (χ0n) is 11.4. The van der Waals surface area contributed by atoms with E-state index in [9.17, 15) is 4.79 Å². The molecule has 0 bridgehead atoms. The smallest absolute Gasteiger partial charge is 0.328 e. The summed E-state index contributed by atoms with van der Waals surface area (Å²) >= 11 is 0. The van der Waals surface area contributed by atoms with Crippen molar-refractivity contribution in [3.05, 3.63) is 41.5 Å². The van der Waals surface area contributed by atoms with Crippen LogP contribution in [0.25, 0.3) is 6.08 Å². The summed E-state index contributed by atoms with van der Waals surface area (Å²) in [6, 6.07) is 8.11. The number of piperidine rings is 1. The van der Waals surface area contributed by atoms with Crippen molar-refractivity contribution in [3.63, 3.8) is 0 Å². The second-order valence-corrected chi connectivity index (χ2v) is 5.37. The fourth-order valence-corrected chi connectivity index (χ4v) is 2.38. The van der Waals surface area contributed by atoms with Crippen LogP contribution in [-0.4, -0.2) is 29.1 Å². The summed E-state index contributed by atoms with van der Waals surface area (Å²) in [7, 11) is 0. The number of benzene rings is 1. The number of hydrogen-bond acceptors (Lipinski definition) is 2. The van der Waals surface area contributed by atoms with Crippen LogP contribution >= 0.6 is 0 Å². The lowest BCUT2D eigenvalue weighted by atomic mass is 9.99. The molecule has 1 heterocycles. The van der Waals surface area contributed by atoms with Gasteiger partial charge in [-0.05, 0) is 49.1 Å². The molecule has 102 valence electrons. The molecule has 0 amide bonds. The summed E-state index contributed by atoms with van der Waals surface area (Å²) in [6.45, 7) is 5.68. The van der Waals surface area contributed by atoms with Gasteiger partial charge in [-0.15, -0.1) is 0 Å². The number of carboxylic acid groups (broad SMARTS) is 1. The fourth-order valence-electron chi connectivity index (χ4n) is 2.38. The average molecular weight is 259 g/mol. The third-order valence-corrected chi connectivity index (χ3v) is 3.68. The first-order valence-electron chi connectivity index (χ1n) is 6.86. The standard InChI is InChI=1S/C16H21NO2/c1-13-8-10-17(11-9-13)12-15-4-2-14(3-5-15)6-7-16(18)19/h2-7,13H,8-12H2,1H3,(H,18,19)/b7-6+. The molecule has 0 unspecified atom stereocenters. The molecule has 1 aliphatic rings. The van der Waals surface area contributed by atoms with Crippen LogP contribution in [0.5, 0.6) is 0 Å². The Morgan fingerprint density at radius 2 is 1.95 bits per heavy atom. The maximum absolute atomic E-state index is 10.4. The summed E-state index contributed by atoms with van der Waals surface area (Å²) in [6.07, 6.45) is 5.37. The van der Waals surface area contributed by atoms with E-state index in [0.717, 1.165) is 18.0 Å². The van der Waals surface area contributed by atoms with E-state index in [1.54, 1.807) is 6.08 Å². The van der Waals surface area contributed by atoms with Crippen molar-refractivity contribution in [2.45, 2.75) is 26.3 Å². The van der Waals surface area contributed by atoms with Gasteiger partial charge in [0.2, 0.25) is 0 Å². The van der Waals surface area contributed by atoms with Crippen molar-refractivity contribution in [2.75, 3.05) is 13.1 Å². The monoisotopic (exact) mass is 259 g/mol. The largest absolute Gasteiger partial charge is 0.478 e. The number of nitrogens with zero attached hydrogens (tertiary/aromatic N) is 1. The van der Waals surface area contributed by atoms with Crippen LogP contribution in [0.4, 0.5) is 0 Å². The van der Waals surface area contributed by atoms with Crippen molar-refractivity contribution in [1.82, 2.24) is 4.90 Å². The minimum atomic E-state index is -0.911. The second-order valence-electron chi connectivity index (χ2n) is 5.37. The van der Waals surface area contributed by atoms with E-state index < -0.39 is 5.97 Å². The minimum Gasteiger partial charge on any atom is -0.478 e. The minimum absolute atomic E-state index is 0.861. The Labute approximate surface area is 114 Å². The topological polar surface area (TPSA) is 40.5 Å². The van der Waals surface area contributed by atoms with Gasteiger partial charge in [0, 0.05) is 12.6 Å². The third-order valence-electron chi connectivity index (χ3n) is 3.68. The summed E-state index contributed by atoms with van der Waals surface area (Å²) in [4.78, 5) is 12.9. The number of hydrogen-bond donors (Lipinski definition) is 1. The fraction of sp³-hybridized carbons (Fsp3) is 0.438. The number of rotatable bonds is 4. The number of carboxylic acids is 1. The van der Waals surface area contributed by atoms with E-state index in [2.05, 4.69) is 24.0 Å². The van der Waals surface area contributed by atoms with Gasteiger partial charge in [0.25, 0.3) is 0 Å². The van der Waals surface area contributed by atoms with E-state index in [0.29, 0.717) is 0 Å². The van der Waals surface area contributed by atoms with Crippen LogP contribution in [0, 0.1) is 5.92 Å². The third kappa shape index (κ3) is 4.52. The molecule has 0 saturated carbocycles. The molecule has 1 fully saturated rings. The normalized spacial score (nSPS) is 17.9. The molecule has 19 heavy (non-hydrogen) atoms. The summed E-state index contributed by atoms with van der Waals surface area (Å²) in [5.41, 5.74) is 2.22. The Morgan fingerprint density at radius 3 is 2.53 bits per heavy atom. The predicted octanol–water partition coefficient (Wildman–Crippen LogP) is 3.02. The van der Waals surface area contributed by atoms with Gasteiger partial charge < -0.3 is 5.11 Å². The highest BCUT2D eigenvalue weighted by Gasteiger charge is 2.15. The molecule has 1 aromatic carbocycles. The van der Waals surface area contributed by atoms with E-state index in [4.69, 9.17) is 5.11 Å². The van der Waals surface area contributed by atoms with Gasteiger partial charge in [0.05, 0.1) is 0 Å². The molecule has 3 heteroatoms. The van der Waals surface area contributed by atoms with Crippen molar-refractivity contribution in [2.24, 2.45) is 5.92 Å². The van der Waals surface area contributed by atoms with Gasteiger partial charge in [0.1, 0.15) is 0 Å². The lowest BCUT2D eigenvalue weighted by Crippen LogP contribution is -2.32. The Balaban J connectivity index is 1.90. The van der Waals surface area contributed by atoms with Gasteiger partial charge in [0.15, 0.2) is 0 Å². The van der Waals surface area contributed by atoms with Gasteiger partial charge in [-0.2, -0.15) is 0 Å². The maximum Gasteiger partial charge on any atom is 0.328 e. The molecule has 0 aliphatic carbocycles. The van der Waals surface area contributed by atoms with Crippen LogP contribution in [0.3, 0.4) is 0 Å². The summed E-state index contributed by atoms with van der Waals surface area (Å²) < 4.78 is 0. The lowest BCUT2D eigenvalue weighted by molar-refractivity contribution is -0.131. The number of carbonyl (C=O) groups is 1.